The summed E-state index contributed by atoms with van der Waals surface area (Å²) in [6.45, 7) is 1.59. The van der Waals surface area contributed by atoms with Crippen molar-refractivity contribution in [1.82, 2.24) is 0 Å². The highest BCUT2D eigenvalue weighted by Gasteiger charge is 2.33. The Labute approximate surface area is 148 Å². The minimum atomic E-state index is -4.51. The molecule has 2 N–H and O–H groups in total. The summed E-state index contributed by atoms with van der Waals surface area (Å²) in [6.07, 6.45) is -4.56. The number of carboxylic acids is 1. The minimum Gasteiger partial charge on any atom is -0.481 e. The third-order valence-electron chi connectivity index (χ3n) is 3.87. The number of halogens is 3. The van der Waals surface area contributed by atoms with E-state index in [4.69, 9.17) is 5.11 Å². The van der Waals surface area contributed by atoms with Crippen LogP contribution < -0.4 is 5.32 Å². The van der Waals surface area contributed by atoms with E-state index in [2.05, 4.69) is 5.32 Å². The largest absolute Gasteiger partial charge is 0.481 e. The normalized spacial score (nSPS) is 12.5. The Morgan fingerprint density at radius 1 is 1.08 bits per heavy atom. The zero-order chi connectivity index (χ0) is 19.3. The molecule has 1 amide bonds. The van der Waals surface area contributed by atoms with Gasteiger partial charge in [-0.05, 0) is 35.7 Å². The Kier molecular flexibility index (Phi) is 6.02. The first-order valence-corrected chi connectivity index (χ1v) is 7.93. The average Bonchev–Trinajstić information content (AvgIpc) is 2.56. The van der Waals surface area contributed by atoms with Crippen LogP contribution >= 0.6 is 0 Å². The molecular formula is C19H18F3NO3. The molecule has 4 nitrogen and oxygen atoms in total. The van der Waals surface area contributed by atoms with E-state index in [0.717, 1.165) is 11.6 Å². The molecule has 138 valence electrons. The first-order valence-electron chi connectivity index (χ1n) is 7.93. The quantitative estimate of drug-likeness (QED) is 0.808. The highest BCUT2D eigenvalue weighted by atomic mass is 19.4. The van der Waals surface area contributed by atoms with Gasteiger partial charge in [0.2, 0.25) is 5.91 Å². The third kappa shape index (κ3) is 5.34. The average molecular weight is 365 g/mol. The van der Waals surface area contributed by atoms with Crippen molar-refractivity contribution in [2.24, 2.45) is 5.92 Å². The van der Waals surface area contributed by atoms with Gasteiger partial charge in [0.25, 0.3) is 0 Å². The molecule has 0 spiro atoms. The number of hydrogen-bond donors (Lipinski definition) is 2. The second kappa shape index (κ2) is 8.03. The van der Waals surface area contributed by atoms with Gasteiger partial charge in [-0.15, -0.1) is 0 Å². The smallest absolute Gasteiger partial charge is 0.416 e. The van der Waals surface area contributed by atoms with E-state index in [9.17, 15) is 22.8 Å². The van der Waals surface area contributed by atoms with E-state index in [1.165, 1.54) is 18.2 Å². The van der Waals surface area contributed by atoms with E-state index in [0.29, 0.717) is 12.1 Å². The second-order valence-corrected chi connectivity index (χ2v) is 6.02. The number of benzene rings is 2. The van der Waals surface area contributed by atoms with Gasteiger partial charge in [-0.25, -0.2) is 0 Å². The molecule has 0 bridgehead atoms. The van der Waals surface area contributed by atoms with Crippen molar-refractivity contribution in [3.63, 3.8) is 0 Å². The summed E-state index contributed by atoms with van der Waals surface area (Å²) in [5.74, 6) is -1.99. The molecule has 26 heavy (non-hydrogen) atoms. The molecule has 2 aromatic rings. The van der Waals surface area contributed by atoms with Crippen LogP contribution in [0.15, 0.2) is 48.5 Å². The monoisotopic (exact) mass is 365 g/mol. The highest BCUT2D eigenvalue weighted by Crippen LogP contribution is 2.32. The SMILES string of the molecule is CC(Cc1ccc(NC(=O)Cc2ccccc2C(F)(F)F)cc1)C(=O)O. The van der Waals surface area contributed by atoms with Crippen molar-refractivity contribution in [2.75, 3.05) is 5.32 Å². The summed E-state index contributed by atoms with van der Waals surface area (Å²) in [7, 11) is 0. The molecule has 0 heterocycles. The lowest BCUT2D eigenvalue weighted by atomic mass is 10.0. The molecule has 2 aromatic carbocycles. The van der Waals surface area contributed by atoms with Crippen LogP contribution in [0.3, 0.4) is 0 Å². The molecule has 1 atom stereocenters. The van der Waals surface area contributed by atoms with Crippen LogP contribution in [0.2, 0.25) is 0 Å². The summed E-state index contributed by atoms with van der Waals surface area (Å²) < 4.78 is 38.9. The van der Waals surface area contributed by atoms with Crippen LogP contribution in [0.5, 0.6) is 0 Å². The van der Waals surface area contributed by atoms with E-state index in [1.807, 2.05) is 0 Å². The number of carboxylic acid groups (broad SMARTS) is 1. The van der Waals surface area contributed by atoms with E-state index in [1.54, 1.807) is 31.2 Å². The fourth-order valence-corrected chi connectivity index (χ4v) is 2.49. The molecule has 0 aliphatic carbocycles. The van der Waals surface area contributed by atoms with Gasteiger partial charge in [-0.3, -0.25) is 9.59 Å². The summed E-state index contributed by atoms with van der Waals surface area (Å²) in [4.78, 5) is 22.9. The van der Waals surface area contributed by atoms with Gasteiger partial charge in [-0.1, -0.05) is 37.3 Å². The fraction of sp³-hybridized carbons (Fsp3) is 0.263. The third-order valence-corrected chi connectivity index (χ3v) is 3.87. The Balaban J connectivity index is 2.02. The summed E-state index contributed by atoms with van der Waals surface area (Å²) in [5, 5.41) is 11.4. The Morgan fingerprint density at radius 2 is 1.69 bits per heavy atom. The molecule has 1 unspecified atom stereocenters. The maximum Gasteiger partial charge on any atom is 0.416 e. The van der Waals surface area contributed by atoms with E-state index in [-0.39, 0.29) is 5.56 Å². The van der Waals surface area contributed by atoms with Crippen LogP contribution in [-0.4, -0.2) is 17.0 Å². The van der Waals surface area contributed by atoms with Crippen LogP contribution in [0.1, 0.15) is 23.6 Å². The highest BCUT2D eigenvalue weighted by molar-refractivity contribution is 5.92. The molecular weight excluding hydrogens is 347 g/mol. The molecule has 0 aromatic heterocycles. The molecule has 0 saturated carbocycles. The van der Waals surface area contributed by atoms with Crippen molar-refractivity contribution < 1.29 is 27.9 Å². The van der Waals surface area contributed by atoms with Crippen molar-refractivity contribution >= 4 is 17.6 Å². The zero-order valence-corrected chi connectivity index (χ0v) is 14.0. The van der Waals surface area contributed by atoms with Crippen molar-refractivity contribution in [1.29, 1.82) is 0 Å². The van der Waals surface area contributed by atoms with Gasteiger partial charge < -0.3 is 10.4 Å². The summed E-state index contributed by atoms with van der Waals surface area (Å²) in [6, 6.07) is 11.5. The van der Waals surface area contributed by atoms with Crippen LogP contribution in [0.25, 0.3) is 0 Å². The number of nitrogens with one attached hydrogen (secondary N) is 1. The number of carbonyl (C=O) groups excluding carboxylic acids is 1. The van der Waals surface area contributed by atoms with Gasteiger partial charge in [0, 0.05) is 5.69 Å². The summed E-state index contributed by atoms with van der Waals surface area (Å²) >= 11 is 0. The maximum absolute atomic E-state index is 13.0. The number of hydrogen-bond acceptors (Lipinski definition) is 2. The van der Waals surface area contributed by atoms with Gasteiger partial charge in [-0.2, -0.15) is 13.2 Å². The standard InChI is InChI=1S/C19H18F3NO3/c1-12(18(25)26)10-13-6-8-15(9-7-13)23-17(24)11-14-4-2-3-5-16(14)19(20,21)22/h2-9,12H,10-11H2,1H3,(H,23,24)(H,25,26). The van der Waals surface area contributed by atoms with E-state index < -0.39 is 36.0 Å². The van der Waals surface area contributed by atoms with Crippen LogP contribution in [-0.2, 0) is 28.6 Å². The number of rotatable bonds is 6. The number of aliphatic carboxylic acids is 1. The van der Waals surface area contributed by atoms with Gasteiger partial charge in [0.05, 0.1) is 17.9 Å². The molecule has 0 aliphatic heterocycles. The fourth-order valence-electron chi connectivity index (χ4n) is 2.49. The van der Waals surface area contributed by atoms with Gasteiger partial charge in [0.1, 0.15) is 0 Å². The second-order valence-electron chi connectivity index (χ2n) is 6.02. The molecule has 7 heteroatoms. The zero-order valence-electron chi connectivity index (χ0n) is 14.0. The molecule has 0 saturated heterocycles. The van der Waals surface area contributed by atoms with Crippen molar-refractivity contribution in [3.05, 3.63) is 65.2 Å². The topological polar surface area (TPSA) is 66.4 Å². The van der Waals surface area contributed by atoms with Crippen molar-refractivity contribution in [2.45, 2.75) is 25.9 Å². The lowest BCUT2D eigenvalue weighted by Crippen LogP contribution is -2.18. The number of carbonyl (C=O) groups is 2. The van der Waals surface area contributed by atoms with Crippen LogP contribution in [0, 0.1) is 5.92 Å². The number of alkyl halides is 3. The number of anilines is 1. The Morgan fingerprint density at radius 3 is 2.27 bits per heavy atom. The Hall–Kier alpha value is -2.83. The minimum absolute atomic E-state index is 0.0931. The predicted molar refractivity (Wildman–Crippen MR) is 90.7 cm³/mol. The molecule has 0 fully saturated rings. The molecule has 0 aliphatic rings. The van der Waals surface area contributed by atoms with Crippen LogP contribution in [0.4, 0.5) is 18.9 Å². The molecule has 2 rings (SSSR count). The van der Waals surface area contributed by atoms with Gasteiger partial charge in [0.15, 0.2) is 0 Å². The first-order chi connectivity index (χ1) is 12.2. The lowest BCUT2D eigenvalue weighted by molar-refractivity contribution is -0.141. The summed E-state index contributed by atoms with van der Waals surface area (Å²) in [5.41, 5.74) is 0.309. The van der Waals surface area contributed by atoms with Crippen molar-refractivity contribution in [3.8, 4) is 0 Å². The van der Waals surface area contributed by atoms with Gasteiger partial charge >= 0.3 is 12.1 Å². The maximum atomic E-state index is 13.0. The predicted octanol–water partition coefficient (Wildman–Crippen LogP) is 4.15. The Bertz CT molecular complexity index is 785. The lowest BCUT2D eigenvalue weighted by Gasteiger charge is -2.13. The molecule has 0 radical (unpaired) electrons. The first kappa shape index (κ1) is 19.5. The number of amides is 1. The van der Waals surface area contributed by atoms with E-state index >= 15 is 0 Å².